The minimum Gasteiger partial charge on any atom is -0.508 e. The van der Waals surface area contributed by atoms with Gasteiger partial charge in [-0.25, -0.2) is 0 Å². The van der Waals surface area contributed by atoms with E-state index in [1.54, 1.807) is 17.8 Å². The zero-order valence-electron chi connectivity index (χ0n) is 18.9. The van der Waals surface area contributed by atoms with Crippen molar-refractivity contribution in [2.45, 2.75) is 30.7 Å². The molecule has 0 spiro atoms. The van der Waals surface area contributed by atoms with Crippen LogP contribution in [0.4, 0.5) is 5.69 Å². The first-order valence-corrected chi connectivity index (χ1v) is 12.0. The number of phenols is 2. The molecule has 0 unspecified atom stereocenters. The van der Waals surface area contributed by atoms with Crippen molar-refractivity contribution in [3.8, 4) is 28.6 Å². The normalized spacial score (nSPS) is 11.5. The van der Waals surface area contributed by atoms with E-state index in [9.17, 15) is 10.2 Å². The SMILES string of the molecule is CC(C)c1cc(-c2nnc(SCc3cccc(N)c3)n2-c2ccc3[nH]ccc3c2)c(O)cc1O. The van der Waals surface area contributed by atoms with Gasteiger partial charge in [-0.2, -0.15) is 0 Å². The third kappa shape index (κ3) is 4.08. The number of aromatic amines is 1. The van der Waals surface area contributed by atoms with Gasteiger partial charge in [0.15, 0.2) is 11.0 Å². The second-order valence-corrected chi connectivity index (χ2v) is 9.45. The number of rotatable bonds is 6. The Hall–Kier alpha value is -3.91. The lowest BCUT2D eigenvalue weighted by atomic mass is 9.98. The van der Waals surface area contributed by atoms with E-state index in [4.69, 9.17) is 5.73 Å². The number of H-pyrrole nitrogens is 1. The number of hydrogen-bond donors (Lipinski definition) is 4. The molecule has 2 aromatic heterocycles. The number of nitrogens with two attached hydrogens (primary N) is 1. The summed E-state index contributed by atoms with van der Waals surface area (Å²) in [6.45, 7) is 3.99. The molecule has 0 radical (unpaired) electrons. The van der Waals surface area contributed by atoms with E-state index in [2.05, 4.69) is 21.2 Å². The van der Waals surface area contributed by atoms with Crippen LogP contribution in [-0.2, 0) is 5.75 Å². The van der Waals surface area contributed by atoms with Gasteiger partial charge in [0.25, 0.3) is 0 Å². The Morgan fingerprint density at radius 3 is 2.65 bits per heavy atom. The van der Waals surface area contributed by atoms with Crippen LogP contribution in [0.15, 0.2) is 72.0 Å². The number of phenolic OH excluding ortho intramolecular Hbond substituents is 2. The number of aromatic hydroxyl groups is 2. The zero-order chi connectivity index (χ0) is 23.8. The van der Waals surface area contributed by atoms with Crippen LogP contribution in [-0.4, -0.2) is 30.0 Å². The topological polar surface area (TPSA) is 113 Å². The molecule has 0 fully saturated rings. The fourth-order valence-electron chi connectivity index (χ4n) is 4.02. The lowest BCUT2D eigenvalue weighted by Gasteiger charge is -2.15. The van der Waals surface area contributed by atoms with Crippen molar-refractivity contribution in [1.82, 2.24) is 19.7 Å². The molecular weight excluding hydrogens is 446 g/mol. The van der Waals surface area contributed by atoms with Gasteiger partial charge in [-0.15, -0.1) is 10.2 Å². The van der Waals surface area contributed by atoms with Gasteiger partial charge in [-0.3, -0.25) is 4.57 Å². The van der Waals surface area contributed by atoms with Crippen LogP contribution in [0.1, 0.15) is 30.9 Å². The first-order chi connectivity index (χ1) is 16.4. The van der Waals surface area contributed by atoms with Crippen LogP contribution in [0, 0.1) is 0 Å². The molecule has 0 aliphatic rings. The number of fused-ring (bicyclic) bond motifs is 1. The summed E-state index contributed by atoms with van der Waals surface area (Å²) in [5.41, 5.74) is 10.9. The quantitative estimate of drug-likeness (QED) is 0.183. The van der Waals surface area contributed by atoms with Crippen LogP contribution in [0.5, 0.6) is 11.5 Å². The molecule has 8 heteroatoms. The number of anilines is 1. The van der Waals surface area contributed by atoms with Crippen LogP contribution in [0.3, 0.4) is 0 Å². The molecule has 7 nitrogen and oxygen atoms in total. The average Bonchev–Trinajstić information content (AvgIpc) is 3.44. The molecule has 0 atom stereocenters. The molecule has 0 amide bonds. The van der Waals surface area contributed by atoms with E-state index in [-0.39, 0.29) is 17.4 Å². The lowest BCUT2D eigenvalue weighted by Crippen LogP contribution is -2.01. The Balaban J connectivity index is 1.64. The minimum absolute atomic E-state index is 0.0503. The molecule has 3 aromatic carbocycles. The zero-order valence-corrected chi connectivity index (χ0v) is 19.7. The van der Waals surface area contributed by atoms with Gasteiger partial charge in [-0.05, 0) is 59.5 Å². The van der Waals surface area contributed by atoms with Gasteiger partial charge in [0.1, 0.15) is 11.5 Å². The summed E-state index contributed by atoms with van der Waals surface area (Å²) in [5.74, 6) is 1.25. The monoisotopic (exact) mass is 471 g/mol. The molecule has 34 heavy (non-hydrogen) atoms. The highest BCUT2D eigenvalue weighted by Crippen LogP contribution is 2.39. The van der Waals surface area contributed by atoms with Crippen molar-refractivity contribution in [1.29, 1.82) is 0 Å². The van der Waals surface area contributed by atoms with Crippen LogP contribution < -0.4 is 5.73 Å². The number of nitrogens with one attached hydrogen (secondary N) is 1. The molecule has 5 aromatic rings. The smallest absolute Gasteiger partial charge is 0.196 e. The summed E-state index contributed by atoms with van der Waals surface area (Å²) in [6, 6.07) is 19.0. The Morgan fingerprint density at radius 2 is 1.85 bits per heavy atom. The molecule has 0 aliphatic carbocycles. The second-order valence-electron chi connectivity index (χ2n) is 8.51. The van der Waals surface area contributed by atoms with Gasteiger partial charge in [-0.1, -0.05) is 37.7 Å². The lowest BCUT2D eigenvalue weighted by molar-refractivity contribution is 0.444. The van der Waals surface area contributed by atoms with Crippen molar-refractivity contribution < 1.29 is 10.2 Å². The molecule has 0 bridgehead atoms. The number of aromatic nitrogens is 4. The third-order valence-electron chi connectivity index (χ3n) is 5.76. The molecule has 0 saturated carbocycles. The van der Waals surface area contributed by atoms with Gasteiger partial charge in [0, 0.05) is 34.6 Å². The first kappa shape index (κ1) is 21.9. The molecule has 5 rings (SSSR count). The van der Waals surface area contributed by atoms with E-state index in [0.29, 0.717) is 28.0 Å². The molecule has 5 N–H and O–H groups in total. The minimum atomic E-state index is -0.0503. The van der Waals surface area contributed by atoms with Gasteiger partial charge >= 0.3 is 0 Å². The summed E-state index contributed by atoms with van der Waals surface area (Å²) in [5, 5.41) is 31.8. The predicted molar refractivity (Wildman–Crippen MR) is 136 cm³/mol. The fourth-order valence-corrected chi connectivity index (χ4v) is 4.91. The maximum atomic E-state index is 10.7. The largest absolute Gasteiger partial charge is 0.508 e. The fraction of sp³-hybridized carbons (Fsp3) is 0.154. The third-order valence-corrected chi connectivity index (χ3v) is 6.76. The van der Waals surface area contributed by atoms with Gasteiger partial charge < -0.3 is 20.9 Å². The van der Waals surface area contributed by atoms with E-state index in [1.165, 1.54) is 6.07 Å². The first-order valence-electron chi connectivity index (χ1n) is 11.0. The van der Waals surface area contributed by atoms with Gasteiger partial charge in [0.05, 0.1) is 11.3 Å². The number of benzene rings is 3. The second kappa shape index (κ2) is 8.79. The maximum Gasteiger partial charge on any atom is 0.196 e. The molecule has 0 saturated heterocycles. The Labute approximate surface area is 201 Å². The summed E-state index contributed by atoms with van der Waals surface area (Å²) >= 11 is 1.54. The van der Waals surface area contributed by atoms with E-state index in [1.807, 2.05) is 67.1 Å². The van der Waals surface area contributed by atoms with Crippen molar-refractivity contribution >= 4 is 28.4 Å². The van der Waals surface area contributed by atoms with Crippen molar-refractivity contribution in [3.05, 3.63) is 78.0 Å². The Bertz CT molecular complexity index is 1490. The van der Waals surface area contributed by atoms with Crippen molar-refractivity contribution in [2.75, 3.05) is 5.73 Å². The highest BCUT2D eigenvalue weighted by Gasteiger charge is 2.21. The van der Waals surface area contributed by atoms with Crippen LogP contribution in [0.25, 0.3) is 28.0 Å². The standard InChI is InChI=1S/C26H25N5O2S/c1-15(2)20-12-21(24(33)13-23(20)32)25-29-30-26(34-14-16-4-3-5-18(27)10-16)31(25)19-6-7-22-17(11-19)8-9-28-22/h3-13,15,28,32-33H,14,27H2,1-2H3. The van der Waals surface area contributed by atoms with E-state index in [0.717, 1.165) is 27.7 Å². The predicted octanol–water partition coefficient (Wildman–Crippen LogP) is 5.82. The molecule has 0 aliphatic heterocycles. The number of nitrogen functional groups attached to an aromatic ring is 1. The van der Waals surface area contributed by atoms with Gasteiger partial charge in [0.2, 0.25) is 0 Å². The van der Waals surface area contributed by atoms with E-state index >= 15 is 0 Å². The Morgan fingerprint density at radius 1 is 1.00 bits per heavy atom. The van der Waals surface area contributed by atoms with Crippen molar-refractivity contribution in [2.24, 2.45) is 0 Å². The molecular formula is C26H25N5O2S. The average molecular weight is 472 g/mol. The highest BCUT2D eigenvalue weighted by molar-refractivity contribution is 7.98. The summed E-state index contributed by atoms with van der Waals surface area (Å²) in [6.07, 6.45) is 1.90. The van der Waals surface area contributed by atoms with E-state index < -0.39 is 0 Å². The highest BCUT2D eigenvalue weighted by atomic mass is 32.2. The maximum absolute atomic E-state index is 10.7. The molecule has 172 valence electrons. The summed E-state index contributed by atoms with van der Waals surface area (Å²) in [7, 11) is 0. The number of hydrogen-bond acceptors (Lipinski definition) is 6. The van der Waals surface area contributed by atoms with Crippen LogP contribution in [0.2, 0.25) is 0 Å². The number of nitrogens with zero attached hydrogens (tertiary/aromatic N) is 3. The summed E-state index contributed by atoms with van der Waals surface area (Å²) in [4.78, 5) is 3.21. The Kier molecular flexibility index (Phi) is 5.67. The molecule has 2 heterocycles. The summed E-state index contributed by atoms with van der Waals surface area (Å²) < 4.78 is 1.94. The number of thioether (sulfide) groups is 1. The van der Waals surface area contributed by atoms with Crippen molar-refractivity contribution in [3.63, 3.8) is 0 Å². The van der Waals surface area contributed by atoms with Crippen LogP contribution >= 0.6 is 11.8 Å².